The first-order chi connectivity index (χ1) is 13.2. The van der Waals surface area contributed by atoms with Crippen molar-refractivity contribution < 1.29 is 17.9 Å². The quantitative estimate of drug-likeness (QED) is 0.583. The molecule has 8 heteroatoms. The number of aryl methyl sites for hydroxylation is 1. The first-order valence-corrected chi connectivity index (χ1v) is 10.8. The molecule has 0 N–H and O–H groups in total. The minimum Gasteiger partial charge on any atom is -0.461 e. The van der Waals surface area contributed by atoms with Crippen LogP contribution in [-0.4, -0.2) is 37.0 Å². The average Bonchev–Trinajstić information content (AvgIpc) is 3.09. The van der Waals surface area contributed by atoms with E-state index in [9.17, 15) is 13.2 Å². The number of nitrogens with zero attached hydrogens (tertiary/aromatic N) is 2. The molecule has 2 aromatic carbocycles. The Kier molecular flexibility index (Phi) is 5.58. The third-order valence-electron chi connectivity index (χ3n) is 4.16. The van der Waals surface area contributed by atoms with E-state index in [1.165, 1.54) is 12.1 Å². The molecule has 0 saturated carbocycles. The van der Waals surface area contributed by atoms with E-state index in [1.54, 1.807) is 41.9 Å². The largest absolute Gasteiger partial charge is 0.461 e. The van der Waals surface area contributed by atoms with Crippen LogP contribution in [-0.2, 0) is 14.6 Å². The molecule has 0 radical (unpaired) electrons. The maximum absolute atomic E-state index is 12.2. The molecule has 0 saturated heterocycles. The van der Waals surface area contributed by atoms with Gasteiger partial charge in [0.25, 0.3) is 0 Å². The number of halogens is 1. The Labute approximate surface area is 168 Å². The van der Waals surface area contributed by atoms with Gasteiger partial charge in [0.1, 0.15) is 0 Å². The van der Waals surface area contributed by atoms with Crippen LogP contribution in [0.15, 0.2) is 53.4 Å². The Morgan fingerprint density at radius 1 is 1.14 bits per heavy atom. The van der Waals surface area contributed by atoms with Crippen LogP contribution < -0.4 is 0 Å². The third-order valence-corrected chi connectivity index (χ3v) is 5.71. The average molecular weight is 419 g/mol. The van der Waals surface area contributed by atoms with Crippen LogP contribution in [0.3, 0.4) is 0 Å². The van der Waals surface area contributed by atoms with Gasteiger partial charge in [-0.2, -0.15) is 5.10 Å². The van der Waals surface area contributed by atoms with Crippen molar-refractivity contribution in [1.29, 1.82) is 0 Å². The van der Waals surface area contributed by atoms with E-state index in [0.29, 0.717) is 16.3 Å². The molecule has 0 aliphatic carbocycles. The van der Waals surface area contributed by atoms with E-state index in [-0.39, 0.29) is 17.2 Å². The van der Waals surface area contributed by atoms with E-state index >= 15 is 0 Å². The molecule has 0 unspecified atom stereocenters. The maximum Gasteiger partial charge on any atom is 0.358 e. The Balaban J connectivity index is 2.15. The molecule has 0 amide bonds. The number of benzene rings is 2. The molecule has 0 spiro atoms. The predicted molar refractivity (Wildman–Crippen MR) is 108 cm³/mol. The molecule has 0 atom stereocenters. The summed E-state index contributed by atoms with van der Waals surface area (Å²) < 4.78 is 30.1. The first-order valence-electron chi connectivity index (χ1n) is 8.55. The number of aromatic nitrogens is 2. The van der Waals surface area contributed by atoms with Crippen LogP contribution in [0.4, 0.5) is 0 Å². The standard InChI is InChI=1S/C20H19ClN2O4S/c1-4-27-20(24)18-12-19(14-5-8-16(9-6-14)28(3,25)26)23(22-18)15-7-10-17(21)13(2)11-15/h5-12H,4H2,1-3H3. The summed E-state index contributed by atoms with van der Waals surface area (Å²) in [6.07, 6.45) is 1.15. The minimum atomic E-state index is -3.30. The first kappa shape index (κ1) is 20.1. The zero-order chi connectivity index (χ0) is 20.5. The van der Waals surface area contributed by atoms with Crippen LogP contribution in [0, 0.1) is 6.92 Å². The number of carbonyl (C=O) groups is 1. The van der Waals surface area contributed by atoms with E-state index in [1.807, 2.05) is 13.0 Å². The summed E-state index contributed by atoms with van der Waals surface area (Å²) in [5.41, 5.74) is 3.09. The number of sulfone groups is 1. The Morgan fingerprint density at radius 2 is 1.82 bits per heavy atom. The van der Waals surface area contributed by atoms with E-state index < -0.39 is 15.8 Å². The lowest BCUT2D eigenvalue weighted by Gasteiger charge is -2.09. The van der Waals surface area contributed by atoms with Gasteiger partial charge in [-0.15, -0.1) is 0 Å². The van der Waals surface area contributed by atoms with Crippen LogP contribution >= 0.6 is 11.6 Å². The van der Waals surface area contributed by atoms with Crippen molar-refractivity contribution in [3.8, 4) is 16.9 Å². The van der Waals surface area contributed by atoms with Crippen molar-refractivity contribution in [3.63, 3.8) is 0 Å². The van der Waals surface area contributed by atoms with Gasteiger partial charge in [0.2, 0.25) is 0 Å². The van der Waals surface area contributed by atoms with Crippen molar-refractivity contribution in [3.05, 3.63) is 64.8 Å². The lowest BCUT2D eigenvalue weighted by Crippen LogP contribution is -2.07. The van der Waals surface area contributed by atoms with Crippen molar-refractivity contribution in [2.75, 3.05) is 12.9 Å². The zero-order valence-corrected chi connectivity index (χ0v) is 17.2. The Hall–Kier alpha value is -2.64. The summed E-state index contributed by atoms with van der Waals surface area (Å²) in [4.78, 5) is 12.4. The van der Waals surface area contributed by atoms with Gasteiger partial charge in [-0.3, -0.25) is 0 Å². The van der Waals surface area contributed by atoms with Crippen molar-refractivity contribution in [2.24, 2.45) is 0 Å². The van der Waals surface area contributed by atoms with Crippen LogP contribution in [0.2, 0.25) is 5.02 Å². The van der Waals surface area contributed by atoms with Gasteiger partial charge in [-0.1, -0.05) is 23.7 Å². The van der Waals surface area contributed by atoms with Crippen molar-refractivity contribution >= 4 is 27.4 Å². The highest BCUT2D eigenvalue weighted by atomic mass is 35.5. The molecular weight excluding hydrogens is 400 g/mol. The lowest BCUT2D eigenvalue weighted by molar-refractivity contribution is 0.0519. The molecule has 0 fully saturated rings. The fourth-order valence-electron chi connectivity index (χ4n) is 2.72. The number of carbonyl (C=O) groups excluding carboxylic acids is 1. The highest BCUT2D eigenvalue weighted by molar-refractivity contribution is 7.90. The molecule has 1 aromatic heterocycles. The third kappa shape index (κ3) is 4.10. The zero-order valence-electron chi connectivity index (χ0n) is 15.6. The van der Waals surface area contributed by atoms with Crippen LogP contribution in [0.5, 0.6) is 0 Å². The normalized spacial score (nSPS) is 11.4. The maximum atomic E-state index is 12.2. The van der Waals surface area contributed by atoms with Crippen molar-refractivity contribution in [2.45, 2.75) is 18.7 Å². The molecule has 3 aromatic rings. The number of hydrogen-bond donors (Lipinski definition) is 0. The fraction of sp³-hybridized carbons (Fsp3) is 0.200. The lowest BCUT2D eigenvalue weighted by atomic mass is 10.1. The molecule has 0 bridgehead atoms. The highest BCUT2D eigenvalue weighted by Gasteiger charge is 2.18. The SMILES string of the molecule is CCOC(=O)c1cc(-c2ccc(S(C)(=O)=O)cc2)n(-c2ccc(Cl)c(C)c2)n1. The number of hydrogen-bond acceptors (Lipinski definition) is 5. The van der Waals surface area contributed by atoms with Crippen molar-refractivity contribution in [1.82, 2.24) is 9.78 Å². The van der Waals surface area contributed by atoms with Crippen LogP contribution in [0.1, 0.15) is 23.0 Å². The minimum absolute atomic E-state index is 0.164. The summed E-state index contributed by atoms with van der Waals surface area (Å²) in [7, 11) is -3.30. The highest BCUT2D eigenvalue weighted by Crippen LogP contribution is 2.27. The summed E-state index contributed by atoms with van der Waals surface area (Å²) >= 11 is 6.12. The van der Waals surface area contributed by atoms with Gasteiger partial charge >= 0.3 is 5.97 Å². The second-order valence-electron chi connectivity index (χ2n) is 6.28. The molecule has 0 aliphatic heterocycles. The summed E-state index contributed by atoms with van der Waals surface area (Å²) in [6, 6.07) is 13.5. The van der Waals surface area contributed by atoms with E-state index in [2.05, 4.69) is 5.10 Å². The van der Waals surface area contributed by atoms with Gasteiger partial charge < -0.3 is 4.74 Å². The molecule has 1 heterocycles. The fourth-order valence-corrected chi connectivity index (χ4v) is 3.47. The molecule has 6 nitrogen and oxygen atoms in total. The monoisotopic (exact) mass is 418 g/mol. The number of rotatable bonds is 5. The summed E-state index contributed by atoms with van der Waals surface area (Å²) in [5, 5.41) is 5.02. The van der Waals surface area contributed by atoms with Gasteiger partial charge in [-0.05, 0) is 55.8 Å². The summed E-state index contributed by atoms with van der Waals surface area (Å²) in [5.74, 6) is -0.527. The Morgan fingerprint density at radius 3 is 2.39 bits per heavy atom. The topological polar surface area (TPSA) is 78.3 Å². The van der Waals surface area contributed by atoms with Gasteiger partial charge in [0.05, 0.1) is 22.9 Å². The second kappa shape index (κ2) is 7.77. The number of esters is 1. The molecule has 0 aliphatic rings. The van der Waals surface area contributed by atoms with Gasteiger partial charge in [0, 0.05) is 16.8 Å². The summed E-state index contributed by atoms with van der Waals surface area (Å²) in [6.45, 7) is 3.84. The van der Waals surface area contributed by atoms with Gasteiger partial charge in [0.15, 0.2) is 15.5 Å². The molecule has 146 valence electrons. The molecular formula is C20H19ClN2O4S. The van der Waals surface area contributed by atoms with E-state index in [4.69, 9.17) is 16.3 Å². The molecule has 3 rings (SSSR count). The predicted octanol–water partition coefficient (Wildman–Crippen LogP) is 4.08. The number of ether oxygens (including phenoxy) is 1. The van der Waals surface area contributed by atoms with Crippen LogP contribution in [0.25, 0.3) is 16.9 Å². The van der Waals surface area contributed by atoms with Gasteiger partial charge in [-0.25, -0.2) is 17.9 Å². The second-order valence-corrected chi connectivity index (χ2v) is 8.70. The Bertz CT molecular complexity index is 1140. The molecule has 28 heavy (non-hydrogen) atoms. The smallest absolute Gasteiger partial charge is 0.358 e. The van der Waals surface area contributed by atoms with E-state index in [0.717, 1.165) is 17.5 Å².